The molecule has 0 saturated heterocycles. The van der Waals surface area contributed by atoms with E-state index in [1.54, 1.807) is 11.8 Å². The Hall–Kier alpha value is -0.510. The number of nitrogens with one attached hydrogen (secondary N) is 1. The summed E-state index contributed by atoms with van der Waals surface area (Å²) in [4.78, 5) is 3.69. The van der Waals surface area contributed by atoms with Gasteiger partial charge in [-0.15, -0.1) is 11.8 Å². The molecule has 0 bridgehead atoms. The van der Waals surface area contributed by atoms with E-state index in [9.17, 15) is 0 Å². The summed E-state index contributed by atoms with van der Waals surface area (Å²) >= 11 is 1.79. The summed E-state index contributed by atoms with van der Waals surface area (Å²) in [5.41, 5.74) is 1.39. The minimum Gasteiger partial charge on any atom is -0.315 e. The molecule has 2 nitrogen and oxygen atoms in total. The average molecular weight is 252 g/mol. The van der Waals surface area contributed by atoms with Crippen LogP contribution in [0.15, 0.2) is 29.2 Å². The molecular formula is C14H24N2S. The molecule has 3 heteroatoms. The number of benzene rings is 1. The van der Waals surface area contributed by atoms with Crippen LogP contribution in [-0.2, 0) is 6.54 Å². The first-order valence-electron chi connectivity index (χ1n) is 6.28. The molecule has 0 aliphatic carbocycles. The lowest BCUT2D eigenvalue weighted by atomic mass is 10.2. The number of rotatable bonds is 8. The molecule has 0 unspecified atom stereocenters. The van der Waals surface area contributed by atoms with E-state index in [1.165, 1.54) is 16.9 Å². The summed E-state index contributed by atoms with van der Waals surface area (Å²) in [5, 5.41) is 3.42. The van der Waals surface area contributed by atoms with Crippen LogP contribution >= 0.6 is 11.8 Å². The maximum absolute atomic E-state index is 3.42. The van der Waals surface area contributed by atoms with Gasteiger partial charge in [0.05, 0.1) is 0 Å². The van der Waals surface area contributed by atoms with E-state index >= 15 is 0 Å². The summed E-state index contributed by atoms with van der Waals surface area (Å²) in [6.07, 6.45) is 3.32. The van der Waals surface area contributed by atoms with Crippen LogP contribution in [0.2, 0.25) is 0 Å². The molecule has 1 aromatic rings. The molecule has 0 atom stereocenters. The highest BCUT2D eigenvalue weighted by atomic mass is 32.2. The van der Waals surface area contributed by atoms with Crippen LogP contribution in [-0.4, -0.2) is 37.8 Å². The molecule has 0 fully saturated rings. The van der Waals surface area contributed by atoms with Gasteiger partial charge < -0.3 is 10.2 Å². The Morgan fingerprint density at radius 3 is 2.47 bits per heavy atom. The first-order valence-corrected chi connectivity index (χ1v) is 7.51. The van der Waals surface area contributed by atoms with Gasteiger partial charge in [-0.05, 0) is 44.0 Å². The van der Waals surface area contributed by atoms with Crippen molar-refractivity contribution < 1.29 is 0 Å². The normalized spacial score (nSPS) is 11.1. The van der Waals surface area contributed by atoms with Crippen molar-refractivity contribution in [3.8, 4) is 0 Å². The van der Waals surface area contributed by atoms with Gasteiger partial charge in [-0.3, -0.25) is 0 Å². The quantitative estimate of drug-likeness (QED) is 0.566. The third-order valence-electron chi connectivity index (χ3n) is 2.71. The first kappa shape index (κ1) is 14.6. The fourth-order valence-corrected chi connectivity index (χ4v) is 2.10. The second kappa shape index (κ2) is 8.56. The second-order valence-electron chi connectivity index (χ2n) is 4.34. The van der Waals surface area contributed by atoms with Gasteiger partial charge in [-0.2, -0.15) is 0 Å². The smallest absolute Gasteiger partial charge is 0.0231 e. The summed E-state index contributed by atoms with van der Waals surface area (Å²) < 4.78 is 0. The van der Waals surface area contributed by atoms with Gasteiger partial charge in [-0.25, -0.2) is 0 Å². The van der Waals surface area contributed by atoms with Crippen LogP contribution in [0.1, 0.15) is 18.9 Å². The Morgan fingerprint density at radius 2 is 1.88 bits per heavy atom. The molecule has 96 valence electrons. The maximum atomic E-state index is 3.42. The zero-order chi connectivity index (χ0) is 12.5. The van der Waals surface area contributed by atoms with Crippen LogP contribution in [0.5, 0.6) is 0 Å². The summed E-state index contributed by atoms with van der Waals surface area (Å²) in [6, 6.07) is 8.84. The molecular weight excluding hydrogens is 228 g/mol. The molecule has 1 rings (SSSR count). The largest absolute Gasteiger partial charge is 0.315 e. The van der Waals surface area contributed by atoms with Crippen LogP contribution in [0.25, 0.3) is 0 Å². The van der Waals surface area contributed by atoms with Crippen LogP contribution in [0.4, 0.5) is 0 Å². The van der Waals surface area contributed by atoms with E-state index in [4.69, 9.17) is 0 Å². The standard InChI is InChI=1S/C14H24N2S/c1-4-9-15-10-11-16(2)12-13-5-7-14(17-3)8-6-13/h5-8,15H,4,9-12H2,1-3H3. The van der Waals surface area contributed by atoms with Gasteiger partial charge in [0.25, 0.3) is 0 Å². The SMILES string of the molecule is CCCNCCN(C)Cc1ccc(SC)cc1. The first-order chi connectivity index (χ1) is 8.26. The van der Waals surface area contributed by atoms with Crippen molar-refractivity contribution in [2.24, 2.45) is 0 Å². The van der Waals surface area contributed by atoms with Crippen molar-refractivity contribution in [2.75, 3.05) is 32.9 Å². The lowest BCUT2D eigenvalue weighted by Gasteiger charge is -2.17. The molecule has 0 heterocycles. The van der Waals surface area contributed by atoms with Gasteiger partial charge in [0.1, 0.15) is 0 Å². The van der Waals surface area contributed by atoms with E-state index < -0.39 is 0 Å². The Balaban J connectivity index is 2.26. The lowest BCUT2D eigenvalue weighted by Crippen LogP contribution is -2.29. The number of likely N-dealkylation sites (N-methyl/N-ethyl adjacent to an activating group) is 1. The van der Waals surface area contributed by atoms with Gasteiger partial charge in [0, 0.05) is 24.5 Å². The highest BCUT2D eigenvalue weighted by molar-refractivity contribution is 7.98. The van der Waals surface area contributed by atoms with Crippen molar-refractivity contribution >= 4 is 11.8 Å². The van der Waals surface area contributed by atoms with Crippen molar-refractivity contribution in [1.29, 1.82) is 0 Å². The predicted octanol–water partition coefficient (Wildman–Crippen LogP) is 2.84. The fourth-order valence-electron chi connectivity index (χ4n) is 1.69. The molecule has 0 spiro atoms. The van der Waals surface area contributed by atoms with E-state index in [1.807, 2.05) is 0 Å². The number of hydrogen-bond acceptors (Lipinski definition) is 3. The van der Waals surface area contributed by atoms with Crippen LogP contribution < -0.4 is 5.32 Å². The van der Waals surface area contributed by atoms with E-state index in [0.29, 0.717) is 0 Å². The zero-order valence-electron chi connectivity index (χ0n) is 11.2. The highest BCUT2D eigenvalue weighted by Gasteiger charge is 2.00. The van der Waals surface area contributed by atoms with Crippen molar-refractivity contribution in [3.63, 3.8) is 0 Å². The summed E-state index contributed by atoms with van der Waals surface area (Å²) in [7, 11) is 2.18. The van der Waals surface area contributed by atoms with Crippen molar-refractivity contribution in [1.82, 2.24) is 10.2 Å². The van der Waals surface area contributed by atoms with Crippen molar-refractivity contribution in [2.45, 2.75) is 24.8 Å². The molecule has 1 aromatic carbocycles. The van der Waals surface area contributed by atoms with Crippen LogP contribution in [0, 0.1) is 0 Å². The third kappa shape index (κ3) is 6.10. The minimum atomic E-state index is 1.03. The molecule has 0 aliphatic rings. The highest BCUT2D eigenvalue weighted by Crippen LogP contribution is 2.15. The summed E-state index contributed by atoms with van der Waals surface area (Å²) in [6.45, 7) is 6.53. The Labute approximate surface area is 110 Å². The van der Waals surface area contributed by atoms with E-state index in [-0.39, 0.29) is 0 Å². The van der Waals surface area contributed by atoms with Crippen molar-refractivity contribution in [3.05, 3.63) is 29.8 Å². The molecule has 0 aliphatic heterocycles. The Kier molecular flexibility index (Phi) is 7.33. The lowest BCUT2D eigenvalue weighted by molar-refractivity contribution is 0.324. The van der Waals surface area contributed by atoms with Gasteiger partial charge in [0.15, 0.2) is 0 Å². The molecule has 0 aromatic heterocycles. The Morgan fingerprint density at radius 1 is 1.18 bits per heavy atom. The number of thioether (sulfide) groups is 1. The second-order valence-corrected chi connectivity index (χ2v) is 5.22. The monoisotopic (exact) mass is 252 g/mol. The maximum Gasteiger partial charge on any atom is 0.0231 e. The number of hydrogen-bond donors (Lipinski definition) is 1. The molecule has 0 amide bonds. The topological polar surface area (TPSA) is 15.3 Å². The Bertz CT molecular complexity index is 298. The van der Waals surface area contributed by atoms with Gasteiger partial charge in [-0.1, -0.05) is 19.1 Å². The number of nitrogens with zero attached hydrogens (tertiary/aromatic N) is 1. The van der Waals surface area contributed by atoms with E-state index in [0.717, 1.165) is 26.2 Å². The summed E-state index contributed by atoms with van der Waals surface area (Å²) in [5.74, 6) is 0. The molecule has 17 heavy (non-hydrogen) atoms. The third-order valence-corrected chi connectivity index (χ3v) is 3.45. The molecule has 0 radical (unpaired) electrons. The van der Waals surface area contributed by atoms with Gasteiger partial charge >= 0.3 is 0 Å². The zero-order valence-corrected chi connectivity index (χ0v) is 12.0. The van der Waals surface area contributed by atoms with Crippen LogP contribution in [0.3, 0.4) is 0 Å². The fraction of sp³-hybridized carbons (Fsp3) is 0.571. The minimum absolute atomic E-state index is 1.03. The predicted molar refractivity (Wildman–Crippen MR) is 77.7 cm³/mol. The van der Waals surface area contributed by atoms with E-state index in [2.05, 4.69) is 54.7 Å². The average Bonchev–Trinajstić information content (AvgIpc) is 2.36. The molecule has 0 saturated carbocycles. The molecule has 1 N–H and O–H groups in total. The van der Waals surface area contributed by atoms with Gasteiger partial charge in [0.2, 0.25) is 0 Å².